The number of amides is 2. The van der Waals surface area contributed by atoms with Crippen molar-refractivity contribution in [3.63, 3.8) is 0 Å². The highest BCUT2D eigenvalue weighted by atomic mass is 32.1. The molecule has 5 heterocycles. The van der Waals surface area contributed by atoms with E-state index in [-0.39, 0.29) is 23.8 Å². The van der Waals surface area contributed by atoms with Crippen molar-refractivity contribution in [1.82, 2.24) is 20.0 Å². The third-order valence-corrected chi connectivity index (χ3v) is 6.38. The fourth-order valence-corrected chi connectivity index (χ4v) is 4.87. The quantitative estimate of drug-likeness (QED) is 0.897. The highest BCUT2D eigenvalue weighted by molar-refractivity contribution is 7.15. The lowest BCUT2D eigenvalue weighted by atomic mass is 9.94. The molecule has 138 valence electrons. The number of piperidine rings is 1. The lowest BCUT2D eigenvalue weighted by Gasteiger charge is -2.35. The van der Waals surface area contributed by atoms with Crippen LogP contribution in [0.3, 0.4) is 0 Å². The van der Waals surface area contributed by atoms with Gasteiger partial charge in [-0.3, -0.25) is 14.7 Å². The van der Waals surface area contributed by atoms with Gasteiger partial charge in [-0.05, 0) is 44.4 Å². The maximum absolute atomic E-state index is 13.0. The second-order valence-corrected chi connectivity index (χ2v) is 8.53. The van der Waals surface area contributed by atoms with E-state index >= 15 is 0 Å². The van der Waals surface area contributed by atoms with Crippen LogP contribution in [0.5, 0.6) is 0 Å². The van der Waals surface area contributed by atoms with Crippen LogP contribution in [0.4, 0.5) is 0 Å². The summed E-state index contributed by atoms with van der Waals surface area (Å²) in [6.45, 7) is 6.05. The van der Waals surface area contributed by atoms with Crippen molar-refractivity contribution in [1.29, 1.82) is 0 Å². The van der Waals surface area contributed by atoms with Gasteiger partial charge in [0.1, 0.15) is 0 Å². The van der Waals surface area contributed by atoms with E-state index in [0.29, 0.717) is 18.8 Å². The molecule has 0 spiro atoms. The maximum Gasteiger partial charge on any atom is 0.274 e. The number of aryl methyl sites for hydroxylation is 1. The molecular formula is C19H24N4O2S. The van der Waals surface area contributed by atoms with Crippen molar-refractivity contribution in [3.8, 4) is 10.6 Å². The summed E-state index contributed by atoms with van der Waals surface area (Å²) in [7, 11) is 0. The molecule has 5 rings (SSSR count). The van der Waals surface area contributed by atoms with Gasteiger partial charge >= 0.3 is 0 Å². The number of aromatic nitrogens is 2. The summed E-state index contributed by atoms with van der Waals surface area (Å²) in [6, 6.07) is 6.06. The summed E-state index contributed by atoms with van der Waals surface area (Å²) in [6.07, 6.45) is 2.82. The summed E-state index contributed by atoms with van der Waals surface area (Å²) in [5, 5.41) is 7.23. The molecule has 3 saturated heterocycles. The number of nitrogens with one attached hydrogen (secondary N) is 1. The Morgan fingerprint density at radius 2 is 2.19 bits per heavy atom. The average molecular weight is 372 g/mol. The van der Waals surface area contributed by atoms with Crippen molar-refractivity contribution in [2.45, 2.75) is 39.2 Å². The topological polar surface area (TPSA) is 69.3 Å². The number of thiophene rings is 1. The minimum Gasteiger partial charge on any atom is -0.338 e. The van der Waals surface area contributed by atoms with Crippen LogP contribution >= 0.6 is 11.3 Å². The van der Waals surface area contributed by atoms with Crippen molar-refractivity contribution in [2.24, 2.45) is 5.92 Å². The molecule has 26 heavy (non-hydrogen) atoms. The van der Waals surface area contributed by atoms with Gasteiger partial charge in [0.15, 0.2) is 5.69 Å². The van der Waals surface area contributed by atoms with E-state index in [9.17, 15) is 9.59 Å². The van der Waals surface area contributed by atoms with Crippen LogP contribution in [0.2, 0.25) is 0 Å². The number of aromatic amines is 1. The first-order valence-corrected chi connectivity index (χ1v) is 10.1. The number of hydrogen-bond acceptors (Lipinski definition) is 4. The smallest absolute Gasteiger partial charge is 0.274 e. The second-order valence-electron chi connectivity index (χ2n) is 7.25. The molecule has 0 saturated carbocycles. The summed E-state index contributed by atoms with van der Waals surface area (Å²) in [4.78, 5) is 31.8. The zero-order valence-electron chi connectivity index (χ0n) is 15.2. The first-order chi connectivity index (χ1) is 12.6. The monoisotopic (exact) mass is 372 g/mol. The van der Waals surface area contributed by atoms with E-state index in [0.717, 1.165) is 36.4 Å². The van der Waals surface area contributed by atoms with Crippen LogP contribution in [0.25, 0.3) is 10.6 Å². The maximum atomic E-state index is 13.0. The fraction of sp³-hybridized carbons (Fsp3) is 0.526. The predicted octanol–water partition coefficient (Wildman–Crippen LogP) is 2.92. The van der Waals surface area contributed by atoms with E-state index in [1.807, 2.05) is 21.9 Å². The molecule has 3 aliphatic rings. The van der Waals surface area contributed by atoms with E-state index in [1.54, 1.807) is 11.3 Å². The number of fused-ring (bicyclic) bond motifs is 4. The Morgan fingerprint density at radius 3 is 2.92 bits per heavy atom. The molecule has 7 heteroatoms. The Kier molecular flexibility index (Phi) is 4.56. The van der Waals surface area contributed by atoms with Gasteiger partial charge in [0.2, 0.25) is 5.91 Å². The molecule has 2 aromatic heterocycles. The molecule has 2 bridgehead atoms. The predicted molar refractivity (Wildman–Crippen MR) is 101 cm³/mol. The van der Waals surface area contributed by atoms with Crippen molar-refractivity contribution in [2.75, 3.05) is 19.6 Å². The summed E-state index contributed by atoms with van der Waals surface area (Å²) in [5.74, 6) is 0.0709. The molecule has 6 nitrogen and oxygen atoms in total. The van der Waals surface area contributed by atoms with Gasteiger partial charge in [-0.15, -0.1) is 11.3 Å². The van der Waals surface area contributed by atoms with Crippen LogP contribution in [0.15, 0.2) is 18.2 Å². The normalized spacial score (nSPS) is 22.8. The summed E-state index contributed by atoms with van der Waals surface area (Å²) in [5.41, 5.74) is 1.30. The molecule has 0 aromatic carbocycles. The van der Waals surface area contributed by atoms with Gasteiger partial charge in [-0.2, -0.15) is 5.10 Å². The second kappa shape index (κ2) is 6.87. The van der Waals surface area contributed by atoms with Gasteiger partial charge in [-0.25, -0.2) is 0 Å². The number of H-pyrrole nitrogens is 1. The van der Waals surface area contributed by atoms with Crippen molar-refractivity contribution >= 4 is 23.2 Å². The van der Waals surface area contributed by atoms with Gasteiger partial charge in [0, 0.05) is 30.6 Å². The molecule has 3 aliphatic heterocycles. The number of rotatable bonds is 4. The third kappa shape index (κ3) is 3.05. The molecule has 2 aromatic rings. The van der Waals surface area contributed by atoms with Crippen LogP contribution in [0.1, 0.15) is 41.6 Å². The van der Waals surface area contributed by atoms with Crippen LogP contribution in [0, 0.1) is 12.8 Å². The Morgan fingerprint density at radius 1 is 1.35 bits per heavy atom. The van der Waals surface area contributed by atoms with Gasteiger partial charge in [0.05, 0.1) is 16.5 Å². The van der Waals surface area contributed by atoms with E-state index < -0.39 is 0 Å². The van der Waals surface area contributed by atoms with Crippen molar-refractivity contribution < 1.29 is 9.59 Å². The first kappa shape index (κ1) is 17.3. The number of carbonyl (C=O) groups excluding carboxylic acids is 2. The first-order valence-electron chi connectivity index (χ1n) is 9.28. The third-order valence-electron chi connectivity index (χ3n) is 5.35. The Labute approximate surface area is 157 Å². The minimum absolute atomic E-state index is 0.0670. The number of carbonyl (C=O) groups is 2. The molecule has 1 N–H and O–H groups in total. The molecule has 2 amide bonds. The fourth-order valence-electron chi connectivity index (χ4n) is 4.04. The number of hydrogen-bond donors (Lipinski definition) is 1. The molecule has 0 unspecified atom stereocenters. The average Bonchev–Trinajstić information content (AvgIpc) is 3.19. The molecule has 3 fully saturated rings. The van der Waals surface area contributed by atoms with E-state index in [4.69, 9.17) is 0 Å². The Balaban J connectivity index is 1.54. The van der Waals surface area contributed by atoms with E-state index in [1.165, 1.54) is 4.88 Å². The lowest BCUT2D eigenvalue weighted by molar-refractivity contribution is -0.139. The largest absolute Gasteiger partial charge is 0.338 e. The Hall–Kier alpha value is -2.15. The zero-order chi connectivity index (χ0) is 18.3. The number of nitrogens with zero attached hydrogens (tertiary/aromatic N) is 3. The molecule has 2 atom stereocenters. The zero-order valence-corrected chi connectivity index (χ0v) is 16.0. The molecule has 0 radical (unpaired) electrons. The standard InChI is InChI=1S/C19H24N4O2S/c1-3-8-23-14-6-5-13(18(23)24)10-22(11-14)19(25)16-9-15(20-21-16)17-7-4-12(2)26-17/h4,7,9,13-14H,3,5-6,8,10-11H2,1-2H3,(H,20,21)/t13-,14+/m0/s1. The summed E-state index contributed by atoms with van der Waals surface area (Å²) >= 11 is 1.67. The van der Waals surface area contributed by atoms with Crippen LogP contribution < -0.4 is 0 Å². The van der Waals surface area contributed by atoms with Crippen LogP contribution in [-0.4, -0.2) is 57.5 Å². The minimum atomic E-state index is -0.0798. The van der Waals surface area contributed by atoms with Gasteiger partial charge in [0.25, 0.3) is 5.91 Å². The summed E-state index contributed by atoms with van der Waals surface area (Å²) < 4.78 is 0. The van der Waals surface area contributed by atoms with Crippen LogP contribution in [-0.2, 0) is 4.79 Å². The lowest BCUT2D eigenvalue weighted by Crippen LogP contribution is -2.48. The van der Waals surface area contributed by atoms with Gasteiger partial charge < -0.3 is 9.80 Å². The SMILES string of the molecule is CCCN1C(=O)[C@H]2CC[C@@H]1CN(C(=O)c1cc(-c3ccc(C)s3)[nH]n1)C2. The molecular weight excluding hydrogens is 348 g/mol. The highest BCUT2D eigenvalue weighted by Crippen LogP contribution is 2.31. The highest BCUT2D eigenvalue weighted by Gasteiger charge is 2.41. The van der Waals surface area contributed by atoms with E-state index in [2.05, 4.69) is 30.1 Å². The Bertz CT molecular complexity index is 827. The van der Waals surface area contributed by atoms with Crippen molar-refractivity contribution in [3.05, 3.63) is 28.8 Å². The van der Waals surface area contributed by atoms with Gasteiger partial charge in [-0.1, -0.05) is 6.92 Å². The molecule has 0 aliphatic carbocycles.